The van der Waals surface area contributed by atoms with E-state index in [4.69, 9.17) is 5.84 Å². The van der Waals surface area contributed by atoms with Crippen molar-refractivity contribution in [1.29, 1.82) is 0 Å². The summed E-state index contributed by atoms with van der Waals surface area (Å²) in [5.41, 5.74) is 6.12. The van der Waals surface area contributed by atoms with E-state index in [0.29, 0.717) is 0 Å². The van der Waals surface area contributed by atoms with Gasteiger partial charge in [-0.25, -0.2) is 0 Å². The Hall–Kier alpha value is -2.26. The van der Waals surface area contributed by atoms with Crippen LogP contribution in [0.5, 0.6) is 0 Å². The van der Waals surface area contributed by atoms with Crippen LogP contribution in [-0.4, -0.2) is 4.57 Å². The molecular formula is C15H15N3. The van der Waals surface area contributed by atoms with Crippen LogP contribution in [0, 0.1) is 0 Å². The Bertz CT molecular complexity index is 656. The number of fused-ring (bicyclic) bond motifs is 1. The molecule has 18 heavy (non-hydrogen) atoms. The highest BCUT2D eigenvalue weighted by Crippen LogP contribution is 2.20. The number of rotatable bonds is 3. The minimum atomic E-state index is 0.889. The van der Waals surface area contributed by atoms with E-state index in [0.717, 1.165) is 12.2 Å². The molecule has 2 aromatic carbocycles. The molecule has 3 rings (SSSR count). The summed E-state index contributed by atoms with van der Waals surface area (Å²) in [5.74, 6) is 5.41. The Labute approximate surface area is 106 Å². The number of nitrogen functional groups attached to an aromatic ring is 1. The van der Waals surface area contributed by atoms with E-state index >= 15 is 0 Å². The molecule has 1 aromatic heterocycles. The van der Waals surface area contributed by atoms with Crippen molar-refractivity contribution in [2.75, 3.05) is 5.43 Å². The van der Waals surface area contributed by atoms with Crippen molar-refractivity contribution in [1.82, 2.24) is 4.57 Å². The summed E-state index contributed by atoms with van der Waals surface area (Å²) in [5, 5.41) is 1.20. The van der Waals surface area contributed by atoms with Gasteiger partial charge in [-0.05, 0) is 29.8 Å². The van der Waals surface area contributed by atoms with Gasteiger partial charge in [-0.2, -0.15) is 0 Å². The van der Waals surface area contributed by atoms with E-state index in [1.807, 2.05) is 12.1 Å². The fourth-order valence-electron chi connectivity index (χ4n) is 2.21. The molecule has 0 aliphatic heterocycles. The summed E-state index contributed by atoms with van der Waals surface area (Å²) in [4.78, 5) is 0. The van der Waals surface area contributed by atoms with Crippen LogP contribution >= 0.6 is 0 Å². The van der Waals surface area contributed by atoms with Crippen LogP contribution in [0.1, 0.15) is 5.56 Å². The van der Waals surface area contributed by atoms with Gasteiger partial charge in [0.15, 0.2) is 0 Å². The first kappa shape index (κ1) is 10.9. The number of hydrazine groups is 1. The van der Waals surface area contributed by atoms with Gasteiger partial charge in [0, 0.05) is 29.3 Å². The number of nitrogens with zero attached hydrogens (tertiary/aromatic N) is 1. The third-order valence-corrected chi connectivity index (χ3v) is 3.13. The van der Waals surface area contributed by atoms with E-state index < -0.39 is 0 Å². The van der Waals surface area contributed by atoms with E-state index in [9.17, 15) is 0 Å². The lowest BCUT2D eigenvalue weighted by atomic mass is 10.2. The Morgan fingerprint density at radius 3 is 2.61 bits per heavy atom. The molecule has 1 heterocycles. The zero-order valence-electron chi connectivity index (χ0n) is 10.0. The molecular weight excluding hydrogens is 222 g/mol. The monoisotopic (exact) mass is 237 g/mol. The van der Waals surface area contributed by atoms with Crippen LogP contribution in [0.3, 0.4) is 0 Å². The molecule has 0 radical (unpaired) electrons. The van der Waals surface area contributed by atoms with Gasteiger partial charge in [0.1, 0.15) is 0 Å². The van der Waals surface area contributed by atoms with Crippen molar-refractivity contribution in [3.63, 3.8) is 0 Å². The van der Waals surface area contributed by atoms with Crippen molar-refractivity contribution < 1.29 is 0 Å². The fourth-order valence-corrected chi connectivity index (χ4v) is 2.21. The molecule has 0 amide bonds. The summed E-state index contributed by atoms with van der Waals surface area (Å²) in [6, 6.07) is 18.7. The van der Waals surface area contributed by atoms with Gasteiger partial charge in [-0.1, -0.05) is 30.3 Å². The van der Waals surface area contributed by atoms with Crippen LogP contribution in [0.15, 0.2) is 60.8 Å². The average Bonchev–Trinajstić information content (AvgIpc) is 2.82. The van der Waals surface area contributed by atoms with E-state index in [1.165, 1.54) is 16.5 Å². The second kappa shape index (κ2) is 4.55. The standard InChI is InChI=1S/C15H15N3/c16-17-14-6-7-15-13(10-14)8-9-18(15)11-12-4-2-1-3-5-12/h1-10,17H,11,16H2. The van der Waals surface area contributed by atoms with E-state index in [1.54, 1.807) is 0 Å². The highest BCUT2D eigenvalue weighted by Gasteiger charge is 2.02. The third-order valence-electron chi connectivity index (χ3n) is 3.13. The largest absolute Gasteiger partial charge is 0.343 e. The summed E-state index contributed by atoms with van der Waals surface area (Å²) in [7, 11) is 0. The van der Waals surface area contributed by atoms with Crippen molar-refractivity contribution in [3.05, 3.63) is 66.4 Å². The molecule has 0 bridgehead atoms. The highest BCUT2D eigenvalue weighted by molar-refractivity contribution is 5.83. The highest BCUT2D eigenvalue weighted by atomic mass is 15.2. The van der Waals surface area contributed by atoms with Gasteiger partial charge in [-0.3, -0.25) is 5.84 Å². The van der Waals surface area contributed by atoms with Gasteiger partial charge in [0.25, 0.3) is 0 Å². The number of anilines is 1. The Balaban J connectivity index is 1.98. The predicted molar refractivity (Wildman–Crippen MR) is 75.3 cm³/mol. The van der Waals surface area contributed by atoms with E-state index in [2.05, 4.69) is 58.7 Å². The second-order valence-corrected chi connectivity index (χ2v) is 4.35. The molecule has 0 unspecified atom stereocenters. The lowest BCUT2D eigenvalue weighted by Crippen LogP contribution is -2.06. The van der Waals surface area contributed by atoms with Crippen molar-refractivity contribution in [3.8, 4) is 0 Å². The summed E-state index contributed by atoms with van der Waals surface area (Å²) in [6.07, 6.45) is 2.11. The van der Waals surface area contributed by atoms with Crippen LogP contribution in [0.25, 0.3) is 10.9 Å². The quantitative estimate of drug-likeness (QED) is 0.543. The van der Waals surface area contributed by atoms with Crippen molar-refractivity contribution >= 4 is 16.6 Å². The van der Waals surface area contributed by atoms with Crippen LogP contribution < -0.4 is 11.3 Å². The molecule has 0 aliphatic carbocycles. The number of nitrogens with one attached hydrogen (secondary N) is 1. The predicted octanol–water partition coefficient (Wildman–Crippen LogP) is 2.98. The molecule has 0 saturated carbocycles. The first-order valence-corrected chi connectivity index (χ1v) is 5.96. The first-order valence-electron chi connectivity index (χ1n) is 5.96. The van der Waals surface area contributed by atoms with Gasteiger partial charge in [0.05, 0.1) is 0 Å². The molecule has 0 fully saturated rings. The van der Waals surface area contributed by atoms with Crippen molar-refractivity contribution in [2.24, 2.45) is 5.84 Å². The Morgan fingerprint density at radius 1 is 1.00 bits per heavy atom. The van der Waals surface area contributed by atoms with Crippen LogP contribution in [0.2, 0.25) is 0 Å². The number of nitrogens with two attached hydrogens (primary N) is 1. The van der Waals surface area contributed by atoms with Crippen LogP contribution in [0.4, 0.5) is 5.69 Å². The van der Waals surface area contributed by atoms with Gasteiger partial charge >= 0.3 is 0 Å². The average molecular weight is 237 g/mol. The Morgan fingerprint density at radius 2 is 1.83 bits per heavy atom. The Kier molecular flexibility index (Phi) is 2.74. The number of benzene rings is 2. The molecule has 3 nitrogen and oxygen atoms in total. The molecule has 0 saturated heterocycles. The van der Waals surface area contributed by atoms with E-state index in [-0.39, 0.29) is 0 Å². The van der Waals surface area contributed by atoms with Crippen molar-refractivity contribution in [2.45, 2.75) is 6.54 Å². The maximum Gasteiger partial charge on any atom is 0.0492 e. The summed E-state index contributed by atoms with van der Waals surface area (Å²) < 4.78 is 2.24. The lowest BCUT2D eigenvalue weighted by Gasteiger charge is -2.06. The van der Waals surface area contributed by atoms with Gasteiger partial charge < -0.3 is 9.99 Å². The number of hydrogen-bond acceptors (Lipinski definition) is 2. The lowest BCUT2D eigenvalue weighted by molar-refractivity contribution is 0.837. The first-order chi connectivity index (χ1) is 8.86. The summed E-state index contributed by atoms with van der Waals surface area (Å²) in [6.45, 7) is 0.889. The smallest absolute Gasteiger partial charge is 0.0492 e. The SMILES string of the molecule is NNc1ccc2c(ccn2Cc2ccccc2)c1. The van der Waals surface area contributed by atoms with Gasteiger partial charge in [-0.15, -0.1) is 0 Å². The zero-order chi connectivity index (χ0) is 12.4. The molecule has 3 heteroatoms. The fraction of sp³-hybridized carbons (Fsp3) is 0.0667. The van der Waals surface area contributed by atoms with Crippen LogP contribution in [-0.2, 0) is 6.54 Å². The molecule has 0 aliphatic rings. The minimum absolute atomic E-state index is 0.889. The zero-order valence-corrected chi connectivity index (χ0v) is 10.0. The number of aromatic nitrogens is 1. The molecule has 90 valence electrons. The maximum absolute atomic E-state index is 5.41. The molecule has 3 N–H and O–H groups in total. The third kappa shape index (κ3) is 1.96. The van der Waals surface area contributed by atoms with Gasteiger partial charge in [0.2, 0.25) is 0 Å². The maximum atomic E-state index is 5.41. The molecule has 0 atom stereocenters. The molecule has 0 spiro atoms. The second-order valence-electron chi connectivity index (χ2n) is 4.35. The molecule has 3 aromatic rings. The summed E-state index contributed by atoms with van der Waals surface area (Å²) >= 11 is 0. The minimum Gasteiger partial charge on any atom is -0.343 e. The normalized spacial score (nSPS) is 10.7. The number of hydrogen-bond donors (Lipinski definition) is 2. The topological polar surface area (TPSA) is 43.0 Å².